The van der Waals surface area contributed by atoms with Gasteiger partial charge in [-0.05, 0) is 38.9 Å². The molecule has 0 fully saturated rings. The first kappa shape index (κ1) is 23.6. The van der Waals surface area contributed by atoms with Gasteiger partial charge in [-0.2, -0.15) is 0 Å². The van der Waals surface area contributed by atoms with E-state index in [9.17, 15) is 0 Å². The highest BCUT2D eigenvalue weighted by Crippen LogP contribution is 2.13. The molecule has 1 rings (SSSR count). The second-order valence-corrected chi connectivity index (χ2v) is 6.68. The molecule has 1 aromatic rings. The minimum Gasteiger partial charge on any atom is -0.356 e. The van der Waals surface area contributed by atoms with E-state index in [0.29, 0.717) is 0 Å². The second kappa shape index (κ2) is 14.9. The van der Waals surface area contributed by atoms with E-state index in [2.05, 4.69) is 46.3 Å². The van der Waals surface area contributed by atoms with Gasteiger partial charge in [0, 0.05) is 37.6 Å². The van der Waals surface area contributed by atoms with Crippen LogP contribution in [0.25, 0.3) is 0 Å². The van der Waals surface area contributed by atoms with Gasteiger partial charge < -0.3 is 15.5 Å². The van der Waals surface area contributed by atoms with Crippen LogP contribution in [-0.2, 0) is 12.8 Å². The number of nitrogens with zero attached hydrogens (tertiary/aromatic N) is 3. The van der Waals surface area contributed by atoms with Crippen molar-refractivity contribution in [1.82, 2.24) is 20.5 Å². The molecule has 0 aliphatic heterocycles. The van der Waals surface area contributed by atoms with Gasteiger partial charge in [0.2, 0.25) is 0 Å². The van der Waals surface area contributed by atoms with Gasteiger partial charge in [-0.15, -0.1) is 35.3 Å². The number of halogens is 1. The van der Waals surface area contributed by atoms with Crippen molar-refractivity contribution in [3.05, 3.63) is 16.1 Å². The van der Waals surface area contributed by atoms with Crippen LogP contribution in [0.2, 0.25) is 0 Å². The number of thiazole rings is 1. The van der Waals surface area contributed by atoms with Crippen LogP contribution < -0.4 is 10.6 Å². The summed E-state index contributed by atoms with van der Waals surface area (Å²) < 4.78 is 0. The molecule has 24 heavy (non-hydrogen) atoms. The minimum atomic E-state index is 0. The van der Waals surface area contributed by atoms with Gasteiger partial charge in [-0.3, -0.25) is 4.99 Å². The third-order valence-electron chi connectivity index (χ3n) is 3.89. The van der Waals surface area contributed by atoms with E-state index in [-0.39, 0.29) is 24.0 Å². The lowest BCUT2D eigenvalue weighted by Gasteiger charge is -2.18. The van der Waals surface area contributed by atoms with E-state index in [1.165, 1.54) is 29.3 Å². The number of aliphatic imine (C=N–C) groups is 1. The lowest BCUT2D eigenvalue weighted by molar-refractivity contribution is 0.297. The molecule has 2 N–H and O–H groups in total. The molecule has 0 saturated heterocycles. The molecule has 0 aromatic carbocycles. The van der Waals surface area contributed by atoms with Gasteiger partial charge in [-0.25, -0.2) is 4.98 Å². The van der Waals surface area contributed by atoms with E-state index < -0.39 is 0 Å². The zero-order chi connectivity index (χ0) is 16.9. The van der Waals surface area contributed by atoms with Crippen molar-refractivity contribution in [1.29, 1.82) is 0 Å². The highest BCUT2D eigenvalue weighted by Gasteiger charge is 2.02. The van der Waals surface area contributed by atoms with Crippen molar-refractivity contribution in [2.24, 2.45) is 4.99 Å². The lowest BCUT2D eigenvalue weighted by atomic mass is 10.3. The van der Waals surface area contributed by atoms with Gasteiger partial charge in [-0.1, -0.05) is 20.8 Å². The number of hydrogen-bond acceptors (Lipinski definition) is 4. The number of guanidine groups is 1. The fourth-order valence-electron chi connectivity index (χ4n) is 2.34. The highest BCUT2D eigenvalue weighted by molar-refractivity contribution is 14.0. The van der Waals surface area contributed by atoms with Crippen molar-refractivity contribution in [2.45, 2.75) is 46.5 Å². The molecule has 0 amide bonds. The fourth-order valence-corrected chi connectivity index (χ4v) is 3.20. The first-order valence-corrected chi connectivity index (χ1v) is 9.65. The first-order chi connectivity index (χ1) is 11.2. The van der Waals surface area contributed by atoms with Crippen LogP contribution in [0.5, 0.6) is 0 Å². The van der Waals surface area contributed by atoms with Crippen LogP contribution in [0.15, 0.2) is 11.2 Å². The maximum Gasteiger partial charge on any atom is 0.190 e. The van der Waals surface area contributed by atoms with Crippen LogP contribution in [0.3, 0.4) is 0 Å². The van der Waals surface area contributed by atoms with Gasteiger partial charge in [0.05, 0.1) is 5.01 Å². The van der Waals surface area contributed by atoms with E-state index in [4.69, 9.17) is 0 Å². The maximum atomic E-state index is 4.44. The number of nitrogens with one attached hydrogen (secondary N) is 2. The number of rotatable bonds is 11. The molecule has 0 spiro atoms. The molecular formula is C17H34IN5S. The molecule has 0 unspecified atom stereocenters. The smallest absolute Gasteiger partial charge is 0.190 e. The third kappa shape index (κ3) is 9.78. The van der Waals surface area contributed by atoms with Crippen LogP contribution in [0.4, 0.5) is 0 Å². The van der Waals surface area contributed by atoms with Crippen LogP contribution in [-0.4, -0.2) is 55.6 Å². The van der Waals surface area contributed by atoms with Gasteiger partial charge >= 0.3 is 0 Å². The quantitative estimate of drug-likeness (QED) is 0.227. The lowest BCUT2D eigenvalue weighted by Crippen LogP contribution is -2.38. The Hall–Kier alpha value is -0.410. The van der Waals surface area contributed by atoms with Crippen molar-refractivity contribution in [3.8, 4) is 0 Å². The summed E-state index contributed by atoms with van der Waals surface area (Å²) in [5.74, 6) is 0.889. The Labute approximate surface area is 168 Å². The fraction of sp³-hybridized carbons (Fsp3) is 0.765. The van der Waals surface area contributed by atoms with Crippen molar-refractivity contribution >= 4 is 41.3 Å². The Morgan fingerprint density at radius 2 is 1.88 bits per heavy atom. The van der Waals surface area contributed by atoms with Gasteiger partial charge in [0.25, 0.3) is 0 Å². The highest BCUT2D eigenvalue weighted by atomic mass is 127. The Bertz CT molecular complexity index is 446. The molecule has 5 nitrogen and oxygen atoms in total. The summed E-state index contributed by atoms with van der Waals surface area (Å²) in [6, 6.07) is 0. The minimum absolute atomic E-state index is 0. The molecule has 0 bridgehead atoms. The third-order valence-corrected chi connectivity index (χ3v) is 5.09. The summed E-state index contributed by atoms with van der Waals surface area (Å²) in [6.45, 7) is 11.9. The summed E-state index contributed by atoms with van der Waals surface area (Å²) in [7, 11) is 1.82. The molecule has 0 aliphatic rings. The van der Waals surface area contributed by atoms with Crippen molar-refractivity contribution < 1.29 is 0 Å². The Kier molecular flexibility index (Phi) is 14.6. The van der Waals surface area contributed by atoms with E-state index >= 15 is 0 Å². The monoisotopic (exact) mass is 467 g/mol. The summed E-state index contributed by atoms with van der Waals surface area (Å²) in [4.78, 5) is 12.5. The van der Waals surface area contributed by atoms with Crippen molar-refractivity contribution in [3.63, 3.8) is 0 Å². The Balaban J connectivity index is 0.00000529. The number of aryl methyl sites for hydroxylation is 1. The topological polar surface area (TPSA) is 52.6 Å². The van der Waals surface area contributed by atoms with E-state index in [0.717, 1.165) is 45.0 Å². The Morgan fingerprint density at radius 1 is 1.17 bits per heavy atom. The predicted molar refractivity (Wildman–Crippen MR) is 117 cm³/mol. The molecule has 7 heteroatoms. The molecule has 0 aliphatic carbocycles. The summed E-state index contributed by atoms with van der Waals surface area (Å²) in [5, 5.41) is 7.95. The molecule has 140 valence electrons. The zero-order valence-electron chi connectivity index (χ0n) is 15.6. The standard InChI is InChI=1S/C17H33N5S.HI/c1-5-15-14-21-16(23-15)10-12-20-17(18-4)19-11-8-9-13-22(6-2)7-3;/h14H,5-13H2,1-4H3,(H2,18,19,20);1H. The second-order valence-electron chi connectivity index (χ2n) is 5.48. The van der Waals surface area contributed by atoms with Crippen LogP contribution in [0, 0.1) is 0 Å². The summed E-state index contributed by atoms with van der Waals surface area (Å²) in [5.41, 5.74) is 0. The normalized spacial score (nSPS) is 11.5. The zero-order valence-corrected chi connectivity index (χ0v) is 18.7. The Morgan fingerprint density at radius 3 is 2.46 bits per heavy atom. The molecule has 1 heterocycles. The van der Waals surface area contributed by atoms with Gasteiger partial charge in [0.1, 0.15) is 0 Å². The first-order valence-electron chi connectivity index (χ1n) is 8.83. The maximum absolute atomic E-state index is 4.44. The molecular weight excluding hydrogens is 433 g/mol. The summed E-state index contributed by atoms with van der Waals surface area (Å²) in [6.07, 6.45) is 6.41. The SMILES string of the molecule is CCc1cnc(CCNC(=NC)NCCCCN(CC)CC)s1.I. The average molecular weight is 467 g/mol. The van der Waals surface area contributed by atoms with Crippen LogP contribution >= 0.6 is 35.3 Å². The molecule has 0 atom stereocenters. The number of hydrogen-bond donors (Lipinski definition) is 2. The number of unbranched alkanes of at least 4 members (excludes halogenated alkanes) is 1. The number of aromatic nitrogens is 1. The molecule has 1 aromatic heterocycles. The van der Waals surface area contributed by atoms with E-state index in [1.807, 2.05) is 24.6 Å². The van der Waals surface area contributed by atoms with Crippen molar-refractivity contribution in [2.75, 3.05) is 39.8 Å². The molecule has 0 saturated carbocycles. The molecule has 0 radical (unpaired) electrons. The van der Waals surface area contributed by atoms with Gasteiger partial charge in [0.15, 0.2) is 5.96 Å². The van der Waals surface area contributed by atoms with Crippen LogP contribution in [0.1, 0.15) is 43.5 Å². The average Bonchev–Trinajstić information content (AvgIpc) is 3.04. The predicted octanol–water partition coefficient (Wildman–Crippen LogP) is 3.15. The summed E-state index contributed by atoms with van der Waals surface area (Å²) >= 11 is 1.81. The van der Waals surface area contributed by atoms with E-state index in [1.54, 1.807) is 0 Å². The largest absolute Gasteiger partial charge is 0.356 e.